The van der Waals surface area contributed by atoms with Crippen molar-refractivity contribution in [1.82, 2.24) is 9.97 Å². The maximum Gasteiger partial charge on any atom is 0.259 e. The van der Waals surface area contributed by atoms with Crippen molar-refractivity contribution in [3.05, 3.63) is 61.5 Å². The number of aryl methyl sites for hydroxylation is 4. The number of aromatic amines is 1. The minimum atomic E-state index is -0.0942. The molecule has 3 rings (SSSR count). The molecular formula is C19H20N2O2S2. The zero-order valence-corrected chi connectivity index (χ0v) is 16.4. The van der Waals surface area contributed by atoms with Gasteiger partial charge in [-0.05, 0) is 44.9 Å². The molecule has 25 heavy (non-hydrogen) atoms. The van der Waals surface area contributed by atoms with E-state index in [0.29, 0.717) is 22.7 Å². The van der Waals surface area contributed by atoms with Crippen molar-refractivity contribution in [2.75, 3.05) is 5.75 Å². The number of nitrogens with zero attached hydrogens (tertiary/aromatic N) is 1. The quantitative estimate of drug-likeness (QED) is 0.677. The molecule has 0 saturated carbocycles. The number of hydrogen-bond acceptors (Lipinski definition) is 5. The molecule has 2 heterocycles. The van der Waals surface area contributed by atoms with Crippen LogP contribution in [0.5, 0.6) is 0 Å². The van der Waals surface area contributed by atoms with Gasteiger partial charge in [0, 0.05) is 10.4 Å². The molecule has 0 unspecified atom stereocenters. The van der Waals surface area contributed by atoms with Crippen LogP contribution in [0.1, 0.15) is 37.7 Å². The van der Waals surface area contributed by atoms with Crippen LogP contribution in [0.2, 0.25) is 0 Å². The number of aromatic nitrogens is 2. The van der Waals surface area contributed by atoms with Gasteiger partial charge in [-0.3, -0.25) is 9.59 Å². The van der Waals surface area contributed by atoms with Crippen LogP contribution in [0.3, 0.4) is 0 Å². The van der Waals surface area contributed by atoms with Crippen LogP contribution in [-0.4, -0.2) is 21.5 Å². The Labute approximate surface area is 154 Å². The number of nitrogens with one attached hydrogen (secondary N) is 1. The lowest BCUT2D eigenvalue weighted by atomic mass is 10.0. The number of Topliss-reactive ketones (excluding diaryl/α,β-unsaturated/α-hetero) is 1. The van der Waals surface area contributed by atoms with E-state index in [4.69, 9.17) is 0 Å². The van der Waals surface area contributed by atoms with Crippen LogP contribution in [0.4, 0.5) is 0 Å². The fourth-order valence-electron chi connectivity index (χ4n) is 2.72. The van der Waals surface area contributed by atoms with Crippen LogP contribution < -0.4 is 5.56 Å². The van der Waals surface area contributed by atoms with Crippen molar-refractivity contribution in [2.24, 2.45) is 0 Å². The molecule has 2 aromatic heterocycles. The van der Waals surface area contributed by atoms with Crippen LogP contribution in [0, 0.1) is 27.7 Å². The summed E-state index contributed by atoms with van der Waals surface area (Å²) < 4.78 is 0. The van der Waals surface area contributed by atoms with Crippen molar-refractivity contribution < 1.29 is 4.79 Å². The van der Waals surface area contributed by atoms with Gasteiger partial charge >= 0.3 is 0 Å². The molecule has 130 valence electrons. The van der Waals surface area contributed by atoms with E-state index in [1.165, 1.54) is 23.1 Å². The maximum absolute atomic E-state index is 12.4. The van der Waals surface area contributed by atoms with E-state index in [2.05, 4.69) is 9.97 Å². The highest BCUT2D eigenvalue weighted by Gasteiger charge is 2.13. The number of thiophene rings is 1. The number of benzene rings is 1. The molecule has 1 aromatic carbocycles. The van der Waals surface area contributed by atoms with Crippen LogP contribution >= 0.6 is 23.1 Å². The molecule has 1 N–H and O–H groups in total. The summed E-state index contributed by atoms with van der Waals surface area (Å²) in [5.41, 5.74) is 3.75. The first-order chi connectivity index (χ1) is 11.9. The highest BCUT2D eigenvalue weighted by atomic mass is 32.2. The minimum absolute atomic E-state index is 0.0942. The molecule has 0 amide bonds. The monoisotopic (exact) mass is 372 g/mol. The van der Waals surface area contributed by atoms with Gasteiger partial charge in [-0.2, -0.15) is 0 Å². The van der Waals surface area contributed by atoms with Crippen LogP contribution in [0.25, 0.3) is 10.2 Å². The van der Waals surface area contributed by atoms with E-state index in [-0.39, 0.29) is 11.3 Å². The highest BCUT2D eigenvalue weighted by molar-refractivity contribution is 7.99. The lowest BCUT2D eigenvalue weighted by Gasteiger charge is -2.06. The lowest BCUT2D eigenvalue weighted by molar-refractivity contribution is 0.102. The summed E-state index contributed by atoms with van der Waals surface area (Å²) in [5, 5.41) is 0.683. The summed E-state index contributed by atoms with van der Waals surface area (Å²) in [6.45, 7) is 7.88. The first kappa shape index (κ1) is 17.9. The molecule has 0 aliphatic carbocycles. The molecule has 0 radical (unpaired) electrons. The predicted octanol–water partition coefficient (Wildman–Crippen LogP) is 4.33. The number of ketones is 1. The van der Waals surface area contributed by atoms with Gasteiger partial charge in [0.15, 0.2) is 5.78 Å². The van der Waals surface area contributed by atoms with Gasteiger partial charge in [0.1, 0.15) is 10.7 Å². The van der Waals surface area contributed by atoms with E-state index in [1.54, 1.807) is 0 Å². The van der Waals surface area contributed by atoms with Crippen molar-refractivity contribution in [3.8, 4) is 0 Å². The number of fused-ring (bicyclic) bond motifs is 1. The Bertz CT molecular complexity index is 1020. The van der Waals surface area contributed by atoms with Crippen LogP contribution in [0.15, 0.2) is 23.0 Å². The van der Waals surface area contributed by atoms with Gasteiger partial charge in [-0.1, -0.05) is 17.7 Å². The molecule has 0 aliphatic rings. The summed E-state index contributed by atoms with van der Waals surface area (Å²) in [6.07, 6.45) is 0. The second-order valence-corrected chi connectivity index (χ2v) is 8.40. The molecule has 0 bridgehead atoms. The van der Waals surface area contributed by atoms with E-state index in [9.17, 15) is 9.59 Å². The summed E-state index contributed by atoms with van der Waals surface area (Å²) in [6, 6.07) is 5.91. The second-order valence-electron chi connectivity index (χ2n) is 6.21. The number of carbonyl (C=O) groups excluding carboxylic acids is 1. The van der Waals surface area contributed by atoms with Gasteiger partial charge in [0.05, 0.1) is 16.9 Å². The first-order valence-electron chi connectivity index (χ1n) is 8.04. The molecule has 0 aliphatic heterocycles. The zero-order chi connectivity index (χ0) is 18.1. The highest BCUT2D eigenvalue weighted by Crippen LogP contribution is 2.26. The average molecular weight is 373 g/mol. The van der Waals surface area contributed by atoms with E-state index >= 15 is 0 Å². The lowest BCUT2D eigenvalue weighted by Crippen LogP contribution is -2.11. The Morgan fingerprint density at radius 3 is 2.76 bits per heavy atom. The molecule has 0 saturated heterocycles. The topological polar surface area (TPSA) is 62.8 Å². The Morgan fingerprint density at radius 2 is 2.00 bits per heavy atom. The third-order valence-corrected chi connectivity index (χ3v) is 6.30. The summed E-state index contributed by atoms with van der Waals surface area (Å²) in [5.74, 6) is 1.61. The van der Waals surface area contributed by atoms with Gasteiger partial charge in [-0.25, -0.2) is 4.98 Å². The summed E-state index contributed by atoms with van der Waals surface area (Å²) in [7, 11) is 0. The SMILES string of the molecule is Cc1ccc(C)c(C(=O)CSCc2nc3sc(C)c(C)c3c(=O)[nH]2)c1. The Balaban J connectivity index is 1.72. The maximum atomic E-state index is 12.4. The van der Waals surface area contributed by atoms with Crippen molar-refractivity contribution in [2.45, 2.75) is 33.4 Å². The van der Waals surface area contributed by atoms with Crippen LogP contribution in [-0.2, 0) is 5.75 Å². The second kappa shape index (κ2) is 7.14. The molecule has 0 atom stereocenters. The fraction of sp³-hybridized carbons (Fsp3) is 0.316. The standard InChI is InChI=1S/C19H20N2O2S2/c1-10-5-6-11(2)14(7-10)15(22)8-24-9-16-20-18(23)17-12(3)13(4)25-19(17)21-16/h5-7H,8-9H2,1-4H3,(H,20,21,23). The molecule has 3 aromatic rings. The zero-order valence-electron chi connectivity index (χ0n) is 14.7. The van der Waals surface area contributed by atoms with E-state index in [0.717, 1.165) is 32.0 Å². The van der Waals surface area contributed by atoms with Gasteiger partial charge in [0.2, 0.25) is 0 Å². The minimum Gasteiger partial charge on any atom is -0.309 e. The Kier molecular flexibility index (Phi) is 5.11. The van der Waals surface area contributed by atoms with E-state index < -0.39 is 0 Å². The predicted molar refractivity (Wildman–Crippen MR) is 106 cm³/mol. The van der Waals surface area contributed by atoms with Gasteiger partial charge in [-0.15, -0.1) is 23.1 Å². The average Bonchev–Trinajstić information content (AvgIpc) is 2.84. The summed E-state index contributed by atoms with van der Waals surface area (Å²) >= 11 is 3.01. The normalized spacial score (nSPS) is 11.2. The van der Waals surface area contributed by atoms with Gasteiger partial charge < -0.3 is 4.98 Å². The number of thioether (sulfide) groups is 1. The smallest absolute Gasteiger partial charge is 0.259 e. The molecular weight excluding hydrogens is 352 g/mol. The number of rotatable bonds is 5. The molecule has 6 heteroatoms. The van der Waals surface area contributed by atoms with Gasteiger partial charge in [0.25, 0.3) is 5.56 Å². The van der Waals surface area contributed by atoms with E-state index in [1.807, 2.05) is 45.9 Å². The van der Waals surface area contributed by atoms with Crippen molar-refractivity contribution in [3.63, 3.8) is 0 Å². The Morgan fingerprint density at radius 1 is 1.24 bits per heavy atom. The summed E-state index contributed by atoms with van der Waals surface area (Å²) in [4.78, 5) is 34.0. The fourth-order valence-corrected chi connectivity index (χ4v) is 4.54. The van der Waals surface area contributed by atoms with Crippen molar-refractivity contribution in [1.29, 1.82) is 0 Å². The largest absolute Gasteiger partial charge is 0.309 e. The molecule has 0 spiro atoms. The molecule has 0 fully saturated rings. The first-order valence-corrected chi connectivity index (χ1v) is 10.0. The number of hydrogen-bond donors (Lipinski definition) is 1. The third kappa shape index (κ3) is 3.70. The number of carbonyl (C=O) groups is 1. The van der Waals surface area contributed by atoms with Crippen molar-refractivity contribution >= 4 is 39.1 Å². The number of H-pyrrole nitrogens is 1. The Hall–Kier alpha value is -1.92. The third-order valence-electron chi connectivity index (χ3n) is 4.25. The molecule has 4 nitrogen and oxygen atoms in total.